The molecule has 0 saturated heterocycles. The van der Waals surface area contributed by atoms with Crippen LogP contribution in [0.5, 0.6) is 0 Å². The third-order valence-corrected chi connectivity index (χ3v) is 2.87. The maximum Gasteiger partial charge on any atom is 0.425 e. The summed E-state index contributed by atoms with van der Waals surface area (Å²) in [6.07, 6.45) is -11.8. The molecule has 10 heteroatoms. The van der Waals surface area contributed by atoms with Crippen LogP contribution < -0.4 is 0 Å². The van der Waals surface area contributed by atoms with Gasteiger partial charge >= 0.3 is 24.0 Å². The Morgan fingerprint density at radius 3 is 1.87 bits per heavy atom. The van der Waals surface area contributed by atoms with Crippen LogP contribution in [0.2, 0.25) is 0 Å². The highest BCUT2D eigenvalue weighted by Crippen LogP contribution is 2.35. The van der Waals surface area contributed by atoms with Gasteiger partial charge in [-0.1, -0.05) is 13.8 Å². The normalized spacial score (nSPS) is 15.2. The lowest BCUT2D eigenvalue weighted by Crippen LogP contribution is -2.45. The molecule has 0 aromatic rings. The number of rotatable bonds is 8. The molecule has 0 rings (SSSR count). The third-order valence-electron chi connectivity index (χ3n) is 2.87. The van der Waals surface area contributed by atoms with E-state index in [1.165, 1.54) is 0 Å². The first-order valence-electron chi connectivity index (χ1n) is 6.71. The molecule has 0 fully saturated rings. The summed E-state index contributed by atoms with van der Waals surface area (Å²) in [7, 11) is 0. The van der Waals surface area contributed by atoms with Crippen molar-refractivity contribution in [3.63, 3.8) is 0 Å². The first-order valence-corrected chi connectivity index (χ1v) is 6.71. The Labute approximate surface area is 129 Å². The summed E-state index contributed by atoms with van der Waals surface area (Å²) in [5, 5.41) is 0. The maximum atomic E-state index is 12.9. The number of alkyl halides is 6. The highest BCUT2D eigenvalue weighted by atomic mass is 19.4. The zero-order valence-corrected chi connectivity index (χ0v) is 12.8. The number of halogens is 6. The van der Waals surface area contributed by atoms with E-state index in [1.54, 1.807) is 20.8 Å². The predicted molar refractivity (Wildman–Crippen MR) is 66.5 cm³/mol. The van der Waals surface area contributed by atoms with E-state index in [0.29, 0.717) is 0 Å². The molecule has 0 aliphatic carbocycles. The number of carbonyl (C=O) groups excluding carboxylic acids is 2. The molecule has 2 unspecified atom stereocenters. The largest absolute Gasteiger partial charge is 0.462 e. The number of hydrogen-bond acceptors (Lipinski definition) is 4. The molecule has 0 heterocycles. The summed E-state index contributed by atoms with van der Waals surface area (Å²) in [6.45, 7) is 3.11. The number of hydrogen-bond donors (Lipinski definition) is 0. The van der Waals surface area contributed by atoms with Crippen molar-refractivity contribution in [1.29, 1.82) is 0 Å². The van der Waals surface area contributed by atoms with Gasteiger partial charge in [-0.15, -0.1) is 0 Å². The van der Waals surface area contributed by atoms with Crippen molar-refractivity contribution in [1.82, 2.24) is 0 Å². The maximum absolute atomic E-state index is 12.9. The molecular weight excluding hydrogens is 334 g/mol. The fourth-order valence-electron chi connectivity index (χ4n) is 1.17. The van der Waals surface area contributed by atoms with E-state index in [2.05, 4.69) is 4.74 Å². The van der Waals surface area contributed by atoms with Gasteiger partial charge in [0.1, 0.15) is 6.10 Å². The van der Waals surface area contributed by atoms with Gasteiger partial charge in [0.2, 0.25) is 0 Å². The number of esters is 2. The minimum atomic E-state index is -5.77. The molecule has 0 aromatic carbocycles. The van der Waals surface area contributed by atoms with Crippen molar-refractivity contribution in [2.75, 3.05) is 6.61 Å². The summed E-state index contributed by atoms with van der Waals surface area (Å²) in [4.78, 5) is 22.4. The zero-order valence-electron chi connectivity index (χ0n) is 12.8. The van der Waals surface area contributed by atoms with E-state index in [-0.39, 0.29) is 5.92 Å². The van der Waals surface area contributed by atoms with Crippen LogP contribution in [0.25, 0.3) is 0 Å². The van der Waals surface area contributed by atoms with Gasteiger partial charge in [0.15, 0.2) is 6.61 Å². The lowest BCUT2D eigenvalue weighted by Gasteiger charge is -2.22. The van der Waals surface area contributed by atoms with Gasteiger partial charge in [-0.05, 0) is 12.8 Å². The van der Waals surface area contributed by atoms with Gasteiger partial charge in [-0.3, -0.25) is 9.59 Å². The summed E-state index contributed by atoms with van der Waals surface area (Å²) in [5.74, 6) is -7.02. The number of ether oxygens (including phenoxy) is 2. The van der Waals surface area contributed by atoms with E-state index in [4.69, 9.17) is 4.74 Å². The van der Waals surface area contributed by atoms with E-state index >= 15 is 0 Å². The predicted octanol–water partition coefficient (Wildman–Crippen LogP) is 3.43. The van der Waals surface area contributed by atoms with Crippen LogP contribution in [-0.4, -0.2) is 42.9 Å². The van der Waals surface area contributed by atoms with Crippen molar-refractivity contribution in [2.24, 2.45) is 5.92 Å². The Morgan fingerprint density at radius 2 is 1.43 bits per heavy atom. The van der Waals surface area contributed by atoms with E-state index in [1.807, 2.05) is 0 Å². The molecule has 2 atom stereocenters. The molecule has 0 bridgehead atoms. The van der Waals surface area contributed by atoms with E-state index in [0.717, 1.165) is 0 Å². The molecular formula is C13H18F6O4. The Balaban J connectivity index is 4.24. The quantitative estimate of drug-likeness (QED) is 0.496. The minimum absolute atomic E-state index is 0.0217. The molecule has 4 nitrogen and oxygen atoms in total. The molecule has 0 amide bonds. The Hall–Kier alpha value is -1.48. The monoisotopic (exact) mass is 352 g/mol. The second-order valence-corrected chi connectivity index (χ2v) is 5.26. The molecule has 0 saturated carbocycles. The van der Waals surface area contributed by atoms with Crippen LogP contribution in [-0.2, 0) is 19.1 Å². The van der Waals surface area contributed by atoms with Crippen LogP contribution >= 0.6 is 0 Å². The molecule has 136 valence electrons. The highest BCUT2D eigenvalue weighted by Gasteiger charge is 2.57. The Kier molecular flexibility index (Phi) is 7.85. The van der Waals surface area contributed by atoms with Gasteiger partial charge in [-0.2, -0.15) is 22.0 Å². The van der Waals surface area contributed by atoms with Crippen molar-refractivity contribution in [2.45, 2.75) is 58.0 Å². The summed E-state index contributed by atoms with van der Waals surface area (Å²) in [5.41, 5.74) is 0. The van der Waals surface area contributed by atoms with Gasteiger partial charge in [0, 0.05) is 0 Å². The van der Waals surface area contributed by atoms with Crippen LogP contribution in [0.3, 0.4) is 0 Å². The Bertz CT molecular complexity index is 408. The summed E-state index contributed by atoms with van der Waals surface area (Å²) >= 11 is 0. The fourth-order valence-corrected chi connectivity index (χ4v) is 1.17. The summed E-state index contributed by atoms with van der Waals surface area (Å²) in [6, 6.07) is 0. The van der Waals surface area contributed by atoms with Crippen LogP contribution in [0.4, 0.5) is 26.3 Å². The number of carbonyl (C=O) groups is 2. The lowest BCUT2D eigenvalue weighted by molar-refractivity contribution is -0.254. The SMILES string of the molecule is CC(C)C(C)OC(=O)CCC(=O)OCC(F)(F)C(F)C(F)(F)F. The first-order chi connectivity index (χ1) is 10.3. The topological polar surface area (TPSA) is 52.6 Å². The molecule has 0 aromatic heterocycles. The van der Waals surface area contributed by atoms with Gasteiger partial charge in [-0.25, -0.2) is 4.39 Å². The standard InChI is InChI=1S/C13H18F6O4/c1-7(2)8(3)23-10(21)5-4-9(20)22-6-12(15,16)11(14)13(17,18)19/h7-8,11H,4-6H2,1-3H3. The second-order valence-electron chi connectivity index (χ2n) is 5.26. The molecule has 0 N–H and O–H groups in total. The zero-order chi connectivity index (χ0) is 18.4. The van der Waals surface area contributed by atoms with Crippen LogP contribution in [0, 0.1) is 5.92 Å². The second kappa shape index (κ2) is 8.39. The molecule has 0 aliphatic rings. The lowest BCUT2D eigenvalue weighted by atomic mass is 10.1. The van der Waals surface area contributed by atoms with Crippen molar-refractivity contribution in [3.05, 3.63) is 0 Å². The molecule has 0 radical (unpaired) electrons. The van der Waals surface area contributed by atoms with Crippen molar-refractivity contribution in [3.8, 4) is 0 Å². The third kappa shape index (κ3) is 8.08. The van der Waals surface area contributed by atoms with Crippen molar-refractivity contribution < 1.29 is 45.4 Å². The van der Waals surface area contributed by atoms with Gasteiger partial charge in [0.05, 0.1) is 12.8 Å². The Morgan fingerprint density at radius 1 is 0.957 bits per heavy atom. The van der Waals surface area contributed by atoms with E-state index in [9.17, 15) is 35.9 Å². The van der Waals surface area contributed by atoms with Crippen LogP contribution in [0.15, 0.2) is 0 Å². The average Bonchev–Trinajstić information content (AvgIpc) is 2.40. The first kappa shape index (κ1) is 21.5. The molecule has 0 aliphatic heterocycles. The summed E-state index contributed by atoms with van der Waals surface area (Å²) < 4.78 is 82.6. The van der Waals surface area contributed by atoms with Gasteiger partial charge in [0.25, 0.3) is 6.17 Å². The van der Waals surface area contributed by atoms with E-state index < -0.39 is 55.8 Å². The van der Waals surface area contributed by atoms with Gasteiger partial charge < -0.3 is 9.47 Å². The average molecular weight is 352 g/mol. The smallest absolute Gasteiger partial charge is 0.425 e. The molecule has 23 heavy (non-hydrogen) atoms. The molecule has 0 spiro atoms. The highest BCUT2D eigenvalue weighted by molar-refractivity contribution is 5.77. The minimum Gasteiger partial charge on any atom is -0.462 e. The van der Waals surface area contributed by atoms with Crippen molar-refractivity contribution >= 4 is 11.9 Å². The van der Waals surface area contributed by atoms with Crippen LogP contribution in [0.1, 0.15) is 33.6 Å². The fraction of sp³-hybridized carbons (Fsp3) is 0.846.